The van der Waals surface area contributed by atoms with Gasteiger partial charge in [0.1, 0.15) is 5.60 Å². The standard InChI is InChI=1S/C15H21ClN2O2/c1-15(2,3)20-14(19)18-9-8-17-13(10-18)11-4-6-12(16)7-5-11/h4-7,13,17H,8-10H2,1-3H3. The Bertz CT molecular complexity index is 468. The summed E-state index contributed by atoms with van der Waals surface area (Å²) in [4.78, 5) is 13.9. The molecule has 1 aliphatic rings. The number of piperazine rings is 1. The number of halogens is 1. The minimum atomic E-state index is -0.461. The van der Waals surface area contributed by atoms with Gasteiger partial charge >= 0.3 is 6.09 Å². The van der Waals surface area contributed by atoms with E-state index >= 15 is 0 Å². The van der Waals surface area contributed by atoms with Crippen LogP contribution in [0.1, 0.15) is 32.4 Å². The second kappa shape index (κ2) is 6.02. The van der Waals surface area contributed by atoms with E-state index in [4.69, 9.17) is 16.3 Å². The fraction of sp³-hybridized carbons (Fsp3) is 0.533. The van der Waals surface area contributed by atoms with Crippen LogP contribution in [-0.4, -0.2) is 36.2 Å². The highest BCUT2D eigenvalue weighted by Crippen LogP contribution is 2.21. The molecule has 20 heavy (non-hydrogen) atoms. The predicted molar refractivity (Wildman–Crippen MR) is 80.0 cm³/mol. The van der Waals surface area contributed by atoms with Crippen molar-refractivity contribution in [2.45, 2.75) is 32.4 Å². The number of ether oxygens (including phenoxy) is 1. The maximum Gasteiger partial charge on any atom is 0.410 e. The van der Waals surface area contributed by atoms with Crippen molar-refractivity contribution in [2.24, 2.45) is 0 Å². The molecule has 1 unspecified atom stereocenters. The summed E-state index contributed by atoms with van der Waals surface area (Å²) < 4.78 is 5.42. The molecule has 1 aliphatic heterocycles. The summed E-state index contributed by atoms with van der Waals surface area (Å²) in [5.41, 5.74) is 0.667. The Balaban J connectivity index is 2.01. The first-order valence-corrected chi connectivity index (χ1v) is 7.20. The summed E-state index contributed by atoms with van der Waals surface area (Å²) in [6.45, 7) is 7.67. The molecular weight excluding hydrogens is 276 g/mol. The number of rotatable bonds is 1. The molecule has 1 N–H and O–H groups in total. The third-order valence-corrected chi connectivity index (χ3v) is 3.35. The molecule has 0 aliphatic carbocycles. The number of hydrogen-bond acceptors (Lipinski definition) is 3. The van der Waals surface area contributed by atoms with Crippen molar-refractivity contribution in [3.8, 4) is 0 Å². The second-order valence-corrected chi connectivity index (χ2v) is 6.42. The van der Waals surface area contributed by atoms with Crippen LogP contribution in [0.4, 0.5) is 4.79 Å². The average molecular weight is 297 g/mol. The van der Waals surface area contributed by atoms with Gasteiger partial charge in [0, 0.05) is 24.7 Å². The zero-order chi connectivity index (χ0) is 14.8. The van der Waals surface area contributed by atoms with Crippen LogP contribution in [0, 0.1) is 0 Å². The molecule has 2 rings (SSSR count). The SMILES string of the molecule is CC(C)(C)OC(=O)N1CCNC(c2ccc(Cl)cc2)C1. The number of carbonyl (C=O) groups excluding carboxylic acids is 1. The number of nitrogens with zero attached hydrogens (tertiary/aromatic N) is 1. The highest BCUT2D eigenvalue weighted by atomic mass is 35.5. The molecule has 5 heteroatoms. The van der Waals surface area contributed by atoms with Crippen molar-refractivity contribution >= 4 is 17.7 Å². The molecule has 4 nitrogen and oxygen atoms in total. The Morgan fingerprint density at radius 2 is 2.00 bits per heavy atom. The molecule has 1 heterocycles. The van der Waals surface area contributed by atoms with Crippen molar-refractivity contribution < 1.29 is 9.53 Å². The molecule has 1 aromatic rings. The van der Waals surface area contributed by atoms with Gasteiger partial charge in [-0.1, -0.05) is 23.7 Å². The minimum Gasteiger partial charge on any atom is -0.444 e. The molecule has 0 bridgehead atoms. The van der Waals surface area contributed by atoms with Gasteiger partial charge in [-0.2, -0.15) is 0 Å². The number of benzene rings is 1. The Kier molecular flexibility index (Phi) is 4.55. The molecule has 0 aromatic heterocycles. The molecule has 0 radical (unpaired) electrons. The van der Waals surface area contributed by atoms with E-state index in [2.05, 4.69) is 5.32 Å². The van der Waals surface area contributed by atoms with Crippen LogP contribution in [0.3, 0.4) is 0 Å². The van der Waals surface area contributed by atoms with E-state index in [1.54, 1.807) is 4.90 Å². The summed E-state index contributed by atoms with van der Waals surface area (Å²) in [6, 6.07) is 7.82. The van der Waals surface area contributed by atoms with Gasteiger partial charge in [0.05, 0.1) is 6.04 Å². The number of nitrogens with one attached hydrogen (secondary N) is 1. The molecule has 1 amide bonds. The van der Waals surface area contributed by atoms with Gasteiger partial charge in [-0.05, 0) is 38.5 Å². The van der Waals surface area contributed by atoms with Gasteiger partial charge in [-0.15, -0.1) is 0 Å². The summed E-state index contributed by atoms with van der Waals surface area (Å²) in [5, 5.41) is 4.13. The largest absolute Gasteiger partial charge is 0.444 e. The van der Waals surface area contributed by atoms with Gasteiger partial charge < -0.3 is 15.0 Å². The molecular formula is C15H21ClN2O2. The zero-order valence-electron chi connectivity index (χ0n) is 12.1. The predicted octanol–water partition coefficient (Wildman–Crippen LogP) is 3.22. The first-order valence-electron chi connectivity index (χ1n) is 6.82. The highest BCUT2D eigenvalue weighted by Gasteiger charge is 2.27. The first-order chi connectivity index (χ1) is 9.35. The Hall–Kier alpha value is -1.26. The van der Waals surface area contributed by atoms with Crippen LogP contribution in [0.15, 0.2) is 24.3 Å². The Labute approximate surface area is 125 Å². The minimum absolute atomic E-state index is 0.119. The molecule has 1 saturated heterocycles. The van der Waals surface area contributed by atoms with Gasteiger partial charge in [0.15, 0.2) is 0 Å². The van der Waals surface area contributed by atoms with Crippen LogP contribution in [-0.2, 0) is 4.74 Å². The summed E-state index contributed by atoms with van der Waals surface area (Å²) >= 11 is 5.90. The van der Waals surface area contributed by atoms with Crippen molar-refractivity contribution in [3.63, 3.8) is 0 Å². The van der Waals surface area contributed by atoms with E-state index in [1.165, 1.54) is 0 Å². The maximum atomic E-state index is 12.1. The quantitative estimate of drug-likeness (QED) is 0.865. The third kappa shape index (κ3) is 4.12. The van der Waals surface area contributed by atoms with Crippen LogP contribution in [0.2, 0.25) is 5.02 Å². The van der Waals surface area contributed by atoms with E-state index in [0.29, 0.717) is 18.1 Å². The summed E-state index contributed by atoms with van der Waals surface area (Å²) in [7, 11) is 0. The zero-order valence-corrected chi connectivity index (χ0v) is 12.9. The van der Waals surface area contributed by atoms with E-state index in [0.717, 1.165) is 12.1 Å². The van der Waals surface area contributed by atoms with Crippen LogP contribution in [0.5, 0.6) is 0 Å². The summed E-state index contributed by atoms with van der Waals surface area (Å²) in [6.07, 6.45) is -0.252. The van der Waals surface area contributed by atoms with E-state index in [1.807, 2.05) is 45.0 Å². The fourth-order valence-corrected chi connectivity index (χ4v) is 2.29. The first kappa shape index (κ1) is 15.1. The topological polar surface area (TPSA) is 41.6 Å². The number of amides is 1. The number of carbonyl (C=O) groups is 1. The molecule has 1 aromatic carbocycles. The Morgan fingerprint density at radius 3 is 2.60 bits per heavy atom. The monoisotopic (exact) mass is 296 g/mol. The normalized spacial score (nSPS) is 19.8. The molecule has 0 saturated carbocycles. The van der Waals surface area contributed by atoms with Crippen LogP contribution < -0.4 is 5.32 Å². The van der Waals surface area contributed by atoms with Crippen molar-refractivity contribution in [1.29, 1.82) is 0 Å². The van der Waals surface area contributed by atoms with Gasteiger partial charge in [0.2, 0.25) is 0 Å². The van der Waals surface area contributed by atoms with Gasteiger partial charge in [0.25, 0.3) is 0 Å². The third-order valence-electron chi connectivity index (χ3n) is 3.10. The molecule has 110 valence electrons. The van der Waals surface area contributed by atoms with E-state index < -0.39 is 5.60 Å². The van der Waals surface area contributed by atoms with Gasteiger partial charge in [-0.3, -0.25) is 0 Å². The van der Waals surface area contributed by atoms with Crippen LogP contribution in [0.25, 0.3) is 0 Å². The lowest BCUT2D eigenvalue weighted by Crippen LogP contribution is -2.49. The highest BCUT2D eigenvalue weighted by molar-refractivity contribution is 6.30. The summed E-state index contributed by atoms with van der Waals surface area (Å²) in [5.74, 6) is 0. The lowest BCUT2D eigenvalue weighted by atomic mass is 10.0. The van der Waals surface area contributed by atoms with Crippen molar-refractivity contribution in [3.05, 3.63) is 34.9 Å². The molecule has 1 fully saturated rings. The molecule has 0 spiro atoms. The maximum absolute atomic E-state index is 12.1. The molecule has 1 atom stereocenters. The van der Waals surface area contributed by atoms with Gasteiger partial charge in [-0.25, -0.2) is 4.79 Å². The lowest BCUT2D eigenvalue weighted by Gasteiger charge is -2.35. The van der Waals surface area contributed by atoms with Crippen molar-refractivity contribution in [1.82, 2.24) is 10.2 Å². The van der Waals surface area contributed by atoms with E-state index in [-0.39, 0.29) is 12.1 Å². The Morgan fingerprint density at radius 1 is 1.35 bits per heavy atom. The fourth-order valence-electron chi connectivity index (χ4n) is 2.16. The average Bonchev–Trinajstić information content (AvgIpc) is 2.38. The second-order valence-electron chi connectivity index (χ2n) is 5.98. The lowest BCUT2D eigenvalue weighted by molar-refractivity contribution is 0.0195. The smallest absolute Gasteiger partial charge is 0.410 e. The van der Waals surface area contributed by atoms with Crippen molar-refractivity contribution in [2.75, 3.05) is 19.6 Å². The number of hydrogen-bond donors (Lipinski definition) is 1. The van der Waals surface area contributed by atoms with Crippen LogP contribution >= 0.6 is 11.6 Å². The van der Waals surface area contributed by atoms with E-state index in [9.17, 15) is 4.79 Å².